The molecule has 1 aliphatic heterocycles. The highest BCUT2D eigenvalue weighted by atomic mass is 19.4. The van der Waals surface area contributed by atoms with Crippen LogP contribution in [-0.4, -0.2) is 24.6 Å². The Morgan fingerprint density at radius 2 is 2.16 bits per heavy atom. The van der Waals surface area contributed by atoms with Gasteiger partial charge in [0.05, 0.1) is 5.56 Å². The predicted molar refractivity (Wildman–Crippen MR) is 67.9 cm³/mol. The Balaban J connectivity index is 1.81. The lowest BCUT2D eigenvalue weighted by Crippen LogP contribution is -2.21. The van der Waals surface area contributed by atoms with Crippen LogP contribution < -0.4 is 10.6 Å². The number of hydrogen-bond donors (Lipinski definition) is 2. The molecule has 0 amide bonds. The van der Waals surface area contributed by atoms with Crippen LogP contribution in [0.25, 0.3) is 0 Å². The monoisotopic (exact) mass is 271 g/mol. The van der Waals surface area contributed by atoms with Gasteiger partial charge in [-0.2, -0.15) is 13.2 Å². The fourth-order valence-electron chi connectivity index (χ4n) is 1.91. The highest BCUT2D eigenvalue weighted by Crippen LogP contribution is 2.28. The molecule has 0 radical (unpaired) electrons. The summed E-state index contributed by atoms with van der Waals surface area (Å²) in [5.41, 5.74) is 0.650. The second-order valence-electron chi connectivity index (χ2n) is 4.42. The van der Waals surface area contributed by atoms with Gasteiger partial charge in [0.25, 0.3) is 0 Å². The first-order valence-electron chi connectivity index (χ1n) is 6.21. The van der Waals surface area contributed by atoms with Gasteiger partial charge in [0.2, 0.25) is 0 Å². The minimum atomic E-state index is -4.33. The van der Waals surface area contributed by atoms with Gasteiger partial charge in [0.1, 0.15) is 5.82 Å². The van der Waals surface area contributed by atoms with Crippen molar-refractivity contribution in [3.8, 4) is 0 Å². The summed E-state index contributed by atoms with van der Waals surface area (Å²) in [6, 6.07) is 2.40. The van der Waals surface area contributed by atoms with Crippen molar-refractivity contribution in [2.45, 2.75) is 19.0 Å². The van der Waals surface area contributed by atoms with E-state index in [0.29, 0.717) is 12.4 Å². The van der Waals surface area contributed by atoms with E-state index in [2.05, 4.69) is 21.7 Å². The van der Waals surface area contributed by atoms with Crippen LogP contribution in [0, 0.1) is 0 Å². The molecule has 1 aromatic rings. The van der Waals surface area contributed by atoms with E-state index < -0.39 is 11.7 Å². The van der Waals surface area contributed by atoms with Crippen molar-refractivity contribution in [2.24, 2.45) is 0 Å². The maximum atomic E-state index is 12.3. The Hall–Kier alpha value is -1.56. The van der Waals surface area contributed by atoms with Crippen LogP contribution in [0.5, 0.6) is 0 Å². The molecule has 0 spiro atoms. The third kappa shape index (κ3) is 4.24. The molecule has 2 rings (SSSR count). The van der Waals surface area contributed by atoms with E-state index in [0.717, 1.165) is 38.2 Å². The normalized spacial score (nSPS) is 16.1. The Morgan fingerprint density at radius 3 is 2.74 bits per heavy atom. The number of alkyl halides is 3. The Bertz CT molecular complexity index is 437. The second kappa shape index (κ2) is 6.06. The molecule has 0 saturated heterocycles. The van der Waals surface area contributed by atoms with E-state index >= 15 is 0 Å². The first-order chi connectivity index (χ1) is 9.05. The van der Waals surface area contributed by atoms with Gasteiger partial charge in [-0.15, -0.1) is 0 Å². The minimum Gasteiger partial charge on any atom is -0.370 e. The molecular formula is C13H16F3N3. The Labute approximate surface area is 109 Å². The Morgan fingerprint density at radius 1 is 1.32 bits per heavy atom. The van der Waals surface area contributed by atoms with E-state index in [1.807, 2.05) is 0 Å². The zero-order valence-electron chi connectivity index (χ0n) is 10.4. The van der Waals surface area contributed by atoms with Crippen LogP contribution in [0.3, 0.4) is 0 Å². The van der Waals surface area contributed by atoms with Crippen molar-refractivity contribution in [2.75, 3.05) is 25.0 Å². The van der Waals surface area contributed by atoms with Crippen molar-refractivity contribution in [3.63, 3.8) is 0 Å². The molecule has 0 bridgehead atoms. The summed E-state index contributed by atoms with van der Waals surface area (Å²) in [7, 11) is 0. The highest BCUT2D eigenvalue weighted by Gasteiger charge is 2.30. The van der Waals surface area contributed by atoms with Crippen LogP contribution in [0.15, 0.2) is 30.0 Å². The van der Waals surface area contributed by atoms with Gasteiger partial charge in [-0.3, -0.25) is 0 Å². The van der Waals surface area contributed by atoms with Crippen molar-refractivity contribution < 1.29 is 13.2 Å². The van der Waals surface area contributed by atoms with Gasteiger partial charge in [0, 0.05) is 19.3 Å². The van der Waals surface area contributed by atoms with Gasteiger partial charge in [0.15, 0.2) is 0 Å². The zero-order chi connectivity index (χ0) is 13.7. The number of nitrogens with one attached hydrogen (secondary N) is 2. The molecule has 2 heterocycles. The number of hydrogen-bond acceptors (Lipinski definition) is 3. The van der Waals surface area contributed by atoms with Crippen LogP contribution >= 0.6 is 0 Å². The fraction of sp³-hybridized carbons (Fsp3) is 0.462. The van der Waals surface area contributed by atoms with E-state index in [4.69, 9.17) is 0 Å². The first-order valence-corrected chi connectivity index (χ1v) is 6.21. The number of pyridine rings is 1. The lowest BCUT2D eigenvalue weighted by molar-refractivity contribution is -0.137. The van der Waals surface area contributed by atoms with Crippen molar-refractivity contribution in [1.29, 1.82) is 0 Å². The third-order valence-corrected chi connectivity index (χ3v) is 3.00. The van der Waals surface area contributed by atoms with Crippen molar-refractivity contribution in [1.82, 2.24) is 10.3 Å². The fourth-order valence-corrected chi connectivity index (χ4v) is 1.91. The molecule has 19 heavy (non-hydrogen) atoms. The number of halogens is 3. The van der Waals surface area contributed by atoms with Crippen LogP contribution in [-0.2, 0) is 6.18 Å². The summed E-state index contributed by atoms with van der Waals surface area (Å²) in [4.78, 5) is 3.76. The number of aromatic nitrogens is 1. The van der Waals surface area contributed by atoms with E-state index in [9.17, 15) is 13.2 Å². The molecule has 0 unspecified atom stereocenters. The van der Waals surface area contributed by atoms with Gasteiger partial charge in [-0.05, 0) is 31.5 Å². The predicted octanol–water partition coefficient (Wildman–Crippen LogP) is 2.82. The SMILES string of the molecule is FC(F)(F)c1ccc(NCCC2=CCNCC2)nc1. The lowest BCUT2D eigenvalue weighted by Gasteiger charge is -2.14. The number of anilines is 1. The van der Waals surface area contributed by atoms with Crippen LogP contribution in [0.1, 0.15) is 18.4 Å². The first kappa shape index (κ1) is 13.9. The quantitative estimate of drug-likeness (QED) is 0.827. The summed E-state index contributed by atoms with van der Waals surface area (Å²) in [6.45, 7) is 2.57. The summed E-state index contributed by atoms with van der Waals surface area (Å²) in [5.74, 6) is 0.475. The third-order valence-electron chi connectivity index (χ3n) is 3.00. The summed E-state index contributed by atoms with van der Waals surface area (Å²) in [6.07, 6.45) is 0.607. The highest BCUT2D eigenvalue weighted by molar-refractivity contribution is 5.36. The molecule has 2 N–H and O–H groups in total. The number of nitrogens with zero attached hydrogens (tertiary/aromatic N) is 1. The summed E-state index contributed by atoms with van der Waals surface area (Å²) < 4.78 is 37.0. The average molecular weight is 271 g/mol. The van der Waals surface area contributed by atoms with Gasteiger partial charge in [-0.1, -0.05) is 11.6 Å². The van der Waals surface area contributed by atoms with Gasteiger partial charge in [-0.25, -0.2) is 4.98 Å². The molecule has 1 aromatic heterocycles. The standard InChI is InChI=1S/C13H16F3N3/c14-13(15,16)11-1-2-12(19-9-11)18-8-5-10-3-6-17-7-4-10/h1-3,9,17H,4-8H2,(H,18,19). The second-order valence-corrected chi connectivity index (χ2v) is 4.42. The molecule has 0 fully saturated rings. The van der Waals surface area contributed by atoms with Crippen molar-refractivity contribution in [3.05, 3.63) is 35.5 Å². The summed E-state index contributed by atoms with van der Waals surface area (Å²) >= 11 is 0. The van der Waals surface area contributed by atoms with Gasteiger partial charge < -0.3 is 10.6 Å². The maximum Gasteiger partial charge on any atom is 0.417 e. The molecule has 3 nitrogen and oxygen atoms in total. The molecule has 0 aromatic carbocycles. The molecule has 0 atom stereocenters. The largest absolute Gasteiger partial charge is 0.417 e. The van der Waals surface area contributed by atoms with Crippen LogP contribution in [0.2, 0.25) is 0 Å². The molecule has 0 aliphatic carbocycles. The van der Waals surface area contributed by atoms with Gasteiger partial charge >= 0.3 is 6.18 Å². The molecule has 6 heteroatoms. The van der Waals surface area contributed by atoms with E-state index in [-0.39, 0.29) is 0 Å². The average Bonchev–Trinajstić information content (AvgIpc) is 2.39. The Kier molecular flexibility index (Phi) is 4.42. The molecular weight excluding hydrogens is 255 g/mol. The smallest absolute Gasteiger partial charge is 0.370 e. The maximum absolute atomic E-state index is 12.3. The van der Waals surface area contributed by atoms with Crippen LogP contribution in [0.4, 0.5) is 19.0 Å². The van der Waals surface area contributed by atoms with E-state index in [1.54, 1.807) is 0 Å². The molecule has 1 aliphatic rings. The number of rotatable bonds is 4. The van der Waals surface area contributed by atoms with E-state index in [1.165, 1.54) is 11.6 Å². The zero-order valence-corrected chi connectivity index (χ0v) is 10.4. The lowest BCUT2D eigenvalue weighted by atomic mass is 10.1. The summed E-state index contributed by atoms with van der Waals surface area (Å²) in [5, 5.41) is 6.26. The molecule has 104 valence electrons. The topological polar surface area (TPSA) is 37.0 Å². The minimum absolute atomic E-state index is 0.475. The van der Waals surface area contributed by atoms with Crippen molar-refractivity contribution >= 4 is 5.82 Å². The molecule has 0 saturated carbocycles.